The molecule has 0 spiro atoms. The Kier molecular flexibility index (Phi) is 4.58. The number of hydrogen-bond acceptors (Lipinski definition) is 2. The smallest absolute Gasteiger partial charge is 0.137 e. The Morgan fingerprint density at radius 1 is 1.17 bits per heavy atom. The molecule has 1 aromatic carbocycles. The maximum absolute atomic E-state index is 9.42. The normalized spacial score (nSPS) is 10.3. The predicted octanol–water partition coefficient (Wildman–Crippen LogP) is 4.56. The van der Waals surface area contributed by atoms with Crippen LogP contribution in [0.25, 0.3) is 11.4 Å². The van der Waals surface area contributed by atoms with Gasteiger partial charge in [0.05, 0.1) is 5.56 Å². The Balaban J connectivity index is 1.86. The van der Waals surface area contributed by atoms with E-state index in [-0.39, 0.29) is 0 Å². The van der Waals surface area contributed by atoms with Gasteiger partial charge in [-0.2, -0.15) is 5.26 Å². The highest BCUT2D eigenvalue weighted by molar-refractivity contribution is 5.62. The number of rotatable bonds is 5. The van der Waals surface area contributed by atoms with Crippen molar-refractivity contribution in [3.8, 4) is 11.9 Å². The van der Waals surface area contributed by atoms with Gasteiger partial charge in [-0.3, -0.25) is 0 Å². The minimum Gasteiger partial charge on any atom is -0.307 e. The molecule has 0 N–H and O–H groups in total. The number of nitriles is 1. The predicted molar refractivity (Wildman–Crippen MR) is 96.8 cm³/mol. The van der Waals surface area contributed by atoms with E-state index in [9.17, 15) is 5.26 Å². The van der Waals surface area contributed by atoms with Crippen LogP contribution in [0.15, 0.2) is 67.6 Å². The first-order valence-electron chi connectivity index (χ1n) is 7.94. The van der Waals surface area contributed by atoms with Gasteiger partial charge in [0.15, 0.2) is 0 Å². The van der Waals surface area contributed by atoms with Gasteiger partial charge in [0.25, 0.3) is 0 Å². The topological polar surface area (TPSA) is 41.6 Å². The number of aryl methyl sites for hydroxylation is 2. The molecule has 3 heteroatoms. The molecule has 0 saturated heterocycles. The highest BCUT2D eigenvalue weighted by atomic mass is 15.0. The summed E-state index contributed by atoms with van der Waals surface area (Å²) in [7, 11) is 0. The third kappa shape index (κ3) is 3.44. The molecule has 0 radical (unpaired) electrons. The number of aromatic nitrogens is 2. The van der Waals surface area contributed by atoms with E-state index in [2.05, 4.69) is 29.8 Å². The summed E-state index contributed by atoms with van der Waals surface area (Å²) < 4.78 is 1.92. The van der Waals surface area contributed by atoms with Crippen LogP contribution in [0.5, 0.6) is 0 Å². The van der Waals surface area contributed by atoms with Crippen LogP contribution in [0.4, 0.5) is 0 Å². The Bertz CT molecular complexity index is 898. The number of benzene rings is 1. The van der Waals surface area contributed by atoms with Crippen LogP contribution in [-0.4, -0.2) is 9.55 Å². The Morgan fingerprint density at radius 3 is 2.67 bits per heavy atom. The minimum atomic E-state index is 0.702. The van der Waals surface area contributed by atoms with Crippen molar-refractivity contribution >= 4 is 5.57 Å². The van der Waals surface area contributed by atoms with Crippen molar-refractivity contribution in [2.75, 3.05) is 0 Å². The van der Waals surface area contributed by atoms with Crippen LogP contribution < -0.4 is 0 Å². The molecule has 0 amide bonds. The minimum absolute atomic E-state index is 0.702. The van der Waals surface area contributed by atoms with Crippen molar-refractivity contribution in [1.29, 1.82) is 5.26 Å². The van der Waals surface area contributed by atoms with Gasteiger partial charge in [0.1, 0.15) is 11.9 Å². The van der Waals surface area contributed by atoms with Crippen molar-refractivity contribution < 1.29 is 0 Å². The highest BCUT2D eigenvalue weighted by Gasteiger charge is 2.09. The molecule has 0 aliphatic carbocycles. The van der Waals surface area contributed by atoms with Crippen molar-refractivity contribution in [1.82, 2.24) is 9.55 Å². The average Bonchev–Trinajstić information content (AvgIpc) is 3.04. The number of pyridine rings is 1. The third-order valence-corrected chi connectivity index (χ3v) is 4.06. The van der Waals surface area contributed by atoms with Gasteiger partial charge in [-0.15, -0.1) is 0 Å². The zero-order chi connectivity index (χ0) is 16.9. The first-order valence-corrected chi connectivity index (χ1v) is 7.94. The fourth-order valence-electron chi connectivity index (χ4n) is 2.68. The first-order chi connectivity index (χ1) is 11.7. The summed E-state index contributed by atoms with van der Waals surface area (Å²) in [6.45, 7) is 5.95. The second-order valence-corrected chi connectivity index (χ2v) is 5.88. The summed E-state index contributed by atoms with van der Waals surface area (Å²) in [5, 5.41) is 9.42. The molecule has 3 rings (SSSR count). The maximum Gasteiger partial charge on any atom is 0.137 e. The van der Waals surface area contributed by atoms with E-state index in [1.54, 1.807) is 6.20 Å². The molecular formula is C21H19N3. The molecule has 0 unspecified atom stereocenters. The molecule has 0 bridgehead atoms. The SMILES string of the molecule is C=C(C)c1ccnc(-n2cc(C#N)c(CCc3ccccc3)c2)c1. The molecule has 3 nitrogen and oxygen atoms in total. The molecule has 118 valence electrons. The highest BCUT2D eigenvalue weighted by Crippen LogP contribution is 2.19. The summed E-state index contributed by atoms with van der Waals surface area (Å²) in [6.07, 6.45) is 7.38. The van der Waals surface area contributed by atoms with E-state index in [0.717, 1.165) is 35.4 Å². The lowest BCUT2D eigenvalue weighted by molar-refractivity contribution is 0.943. The summed E-state index contributed by atoms with van der Waals surface area (Å²) in [6, 6.07) is 16.5. The lowest BCUT2D eigenvalue weighted by atomic mass is 10.0. The molecule has 24 heavy (non-hydrogen) atoms. The summed E-state index contributed by atoms with van der Waals surface area (Å²) >= 11 is 0. The van der Waals surface area contributed by atoms with Gasteiger partial charge in [0, 0.05) is 18.6 Å². The Labute approximate surface area is 142 Å². The Morgan fingerprint density at radius 2 is 1.96 bits per heavy atom. The fourth-order valence-corrected chi connectivity index (χ4v) is 2.68. The van der Waals surface area contributed by atoms with Crippen molar-refractivity contribution in [2.24, 2.45) is 0 Å². The number of allylic oxidation sites excluding steroid dienone is 1. The van der Waals surface area contributed by atoms with Crippen LogP contribution in [0.1, 0.15) is 29.2 Å². The van der Waals surface area contributed by atoms with Crippen LogP contribution in [0, 0.1) is 11.3 Å². The second kappa shape index (κ2) is 6.97. The van der Waals surface area contributed by atoms with Gasteiger partial charge in [-0.1, -0.05) is 42.5 Å². The van der Waals surface area contributed by atoms with E-state index in [1.807, 2.05) is 54.2 Å². The molecular weight excluding hydrogens is 294 g/mol. The van der Waals surface area contributed by atoms with Crippen LogP contribution in [0.2, 0.25) is 0 Å². The molecule has 3 aromatic rings. The molecule has 0 atom stereocenters. The zero-order valence-corrected chi connectivity index (χ0v) is 13.7. The van der Waals surface area contributed by atoms with Crippen LogP contribution in [0.3, 0.4) is 0 Å². The summed E-state index contributed by atoms with van der Waals surface area (Å²) in [5.41, 5.74) is 5.07. The molecule has 0 fully saturated rings. The molecule has 2 aromatic heterocycles. The standard InChI is InChI=1S/C21H19N3/c1-16(2)18-10-11-23-21(12-18)24-14-19(20(13-22)15-24)9-8-17-6-4-3-5-7-17/h3-7,10-12,14-15H,1,8-9H2,2H3. The largest absolute Gasteiger partial charge is 0.307 e. The van der Waals surface area contributed by atoms with Gasteiger partial charge >= 0.3 is 0 Å². The van der Waals surface area contributed by atoms with Crippen molar-refractivity contribution in [3.05, 3.63) is 89.9 Å². The van der Waals surface area contributed by atoms with Crippen molar-refractivity contribution in [3.63, 3.8) is 0 Å². The monoisotopic (exact) mass is 313 g/mol. The summed E-state index contributed by atoms with van der Waals surface area (Å²) in [5.74, 6) is 0.804. The number of hydrogen-bond donors (Lipinski definition) is 0. The van der Waals surface area contributed by atoms with E-state index in [4.69, 9.17) is 0 Å². The van der Waals surface area contributed by atoms with Crippen LogP contribution >= 0.6 is 0 Å². The number of nitrogens with zero attached hydrogens (tertiary/aromatic N) is 3. The van der Waals surface area contributed by atoms with Gasteiger partial charge in [0.2, 0.25) is 0 Å². The van der Waals surface area contributed by atoms with E-state index >= 15 is 0 Å². The molecule has 0 saturated carbocycles. The zero-order valence-electron chi connectivity index (χ0n) is 13.7. The van der Waals surface area contributed by atoms with Crippen LogP contribution in [-0.2, 0) is 12.8 Å². The van der Waals surface area contributed by atoms with Gasteiger partial charge in [-0.05, 0) is 48.6 Å². The fraction of sp³-hybridized carbons (Fsp3) is 0.143. The molecule has 2 heterocycles. The second-order valence-electron chi connectivity index (χ2n) is 5.88. The molecule has 0 aliphatic rings. The lowest BCUT2D eigenvalue weighted by Gasteiger charge is -2.05. The van der Waals surface area contributed by atoms with E-state index in [1.165, 1.54) is 5.56 Å². The third-order valence-electron chi connectivity index (χ3n) is 4.06. The average molecular weight is 313 g/mol. The quantitative estimate of drug-likeness (QED) is 0.693. The molecule has 0 aliphatic heterocycles. The lowest BCUT2D eigenvalue weighted by Crippen LogP contribution is -1.95. The van der Waals surface area contributed by atoms with Gasteiger partial charge < -0.3 is 4.57 Å². The van der Waals surface area contributed by atoms with Gasteiger partial charge in [-0.25, -0.2) is 4.98 Å². The Hall–Kier alpha value is -3.12. The van der Waals surface area contributed by atoms with E-state index < -0.39 is 0 Å². The van der Waals surface area contributed by atoms with E-state index in [0.29, 0.717) is 5.56 Å². The first kappa shape index (κ1) is 15.8. The maximum atomic E-state index is 9.42. The summed E-state index contributed by atoms with van der Waals surface area (Å²) in [4.78, 5) is 4.41. The van der Waals surface area contributed by atoms with Crippen molar-refractivity contribution in [2.45, 2.75) is 19.8 Å².